The maximum absolute atomic E-state index is 2.56. The van der Waals surface area contributed by atoms with Gasteiger partial charge in [0.05, 0.1) is 6.04 Å². The first-order valence-electron chi connectivity index (χ1n) is 7.38. The third-order valence-electron chi connectivity index (χ3n) is 4.57. The average molecular weight is 261 g/mol. The molecule has 0 bridgehead atoms. The molecule has 4 rings (SSSR count). The van der Waals surface area contributed by atoms with Crippen molar-refractivity contribution in [3.8, 4) is 0 Å². The molecule has 0 fully saturated rings. The van der Waals surface area contributed by atoms with Crippen LogP contribution in [0, 0.1) is 13.8 Å². The van der Waals surface area contributed by atoms with E-state index >= 15 is 0 Å². The van der Waals surface area contributed by atoms with Crippen molar-refractivity contribution in [1.29, 1.82) is 0 Å². The van der Waals surface area contributed by atoms with E-state index in [1.807, 2.05) is 0 Å². The number of fused-ring (bicyclic) bond motifs is 5. The Morgan fingerprint density at radius 2 is 1.95 bits per heavy atom. The van der Waals surface area contributed by atoms with Crippen molar-refractivity contribution in [3.05, 3.63) is 70.3 Å². The number of anilines is 1. The Balaban J connectivity index is 1.89. The molecule has 1 nitrogen and oxygen atoms in total. The van der Waals surface area contributed by atoms with Gasteiger partial charge in [-0.15, -0.1) is 0 Å². The summed E-state index contributed by atoms with van der Waals surface area (Å²) in [6.45, 7) is 5.57. The molecule has 0 aliphatic carbocycles. The van der Waals surface area contributed by atoms with Crippen molar-refractivity contribution < 1.29 is 0 Å². The van der Waals surface area contributed by atoms with E-state index in [-0.39, 0.29) is 0 Å². The monoisotopic (exact) mass is 261 g/mol. The van der Waals surface area contributed by atoms with Crippen LogP contribution in [0.2, 0.25) is 0 Å². The predicted octanol–water partition coefficient (Wildman–Crippen LogP) is 4.43. The van der Waals surface area contributed by atoms with Gasteiger partial charge in [-0.2, -0.15) is 0 Å². The summed E-state index contributed by atoms with van der Waals surface area (Å²) in [6, 6.07) is 13.8. The first kappa shape index (κ1) is 11.8. The van der Waals surface area contributed by atoms with Crippen LogP contribution in [0.3, 0.4) is 0 Å². The highest BCUT2D eigenvalue weighted by atomic mass is 15.2. The van der Waals surface area contributed by atoms with Gasteiger partial charge in [0.1, 0.15) is 0 Å². The van der Waals surface area contributed by atoms with Crippen molar-refractivity contribution in [2.45, 2.75) is 26.3 Å². The van der Waals surface area contributed by atoms with Gasteiger partial charge >= 0.3 is 0 Å². The number of hydrogen-bond acceptors (Lipinski definition) is 1. The van der Waals surface area contributed by atoms with Crippen molar-refractivity contribution in [1.82, 2.24) is 0 Å². The summed E-state index contributed by atoms with van der Waals surface area (Å²) in [7, 11) is 0. The first-order chi connectivity index (χ1) is 9.74. The maximum atomic E-state index is 2.56. The largest absolute Gasteiger partial charge is 0.360 e. The number of rotatable bonds is 0. The first-order valence-corrected chi connectivity index (χ1v) is 7.38. The van der Waals surface area contributed by atoms with Gasteiger partial charge in [-0.3, -0.25) is 0 Å². The second kappa shape index (κ2) is 4.24. The fraction of sp³-hybridized carbons (Fsp3) is 0.263. The molecule has 0 saturated heterocycles. The molecule has 0 spiro atoms. The van der Waals surface area contributed by atoms with Crippen LogP contribution in [0.4, 0.5) is 5.69 Å². The Morgan fingerprint density at radius 3 is 2.85 bits per heavy atom. The Morgan fingerprint density at radius 1 is 1.10 bits per heavy atom. The number of benzene rings is 2. The van der Waals surface area contributed by atoms with Crippen molar-refractivity contribution in [2.75, 3.05) is 11.4 Å². The summed E-state index contributed by atoms with van der Waals surface area (Å²) in [5.74, 6) is 0. The molecule has 20 heavy (non-hydrogen) atoms. The van der Waals surface area contributed by atoms with Crippen LogP contribution in [0.5, 0.6) is 0 Å². The molecule has 0 saturated carbocycles. The van der Waals surface area contributed by atoms with Gasteiger partial charge in [-0.05, 0) is 48.6 Å². The zero-order valence-corrected chi connectivity index (χ0v) is 12.1. The molecular formula is C19H19N. The molecule has 2 aliphatic heterocycles. The van der Waals surface area contributed by atoms with Crippen LogP contribution in [0.25, 0.3) is 6.08 Å². The Hall–Kier alpha value is -2.02. The molecule has 1 heteroatoms. The lowest BCUT2D eigenvalue weighted by Crippen LogP contribution is -2.36. The second-order valence-electron chi connectivity index (χ2n) is 5.96. The predicted molar refractivity (Wildman–Crippen MR) is 85.2 cm³/mol. The Kier molecular flexibility index (Phi) is 2.50. The van der Waals surface area contributed by atoms with Gasteiger partial charge in [0.2, 0.25) is 0 Å². The van der Waals surface area contributed by atoms with Crippen molar-refractivity contribution in [2.24, 2.45) is 0 Å². The van der Waals surface area contributed by atoms with Gasteiger partial charge in [-0.1, -0.05) is 48.0 Å². The molecular weight excluding hydrogens is 242 g/mol. The van der Waals surface area contributed by atoms with Crippen LogP contribution < -0.4 is 4.90 Å². The zero-order valence-electron chi connectivity index (χ0n) is 12.1. The normalized spacial score (nSPS) is 19.3. The Bertz CT molecular complexity index is 712. The van der Waals surface area contributed by atoms with Crippen molar-refractivity contribution in [3.63, 3.8) is 0 Å². The van der Waals surface area contributed by atoms with E-state index in [0.29, 0.717) is 6.04 Å². The minimum absolute atomic E-state index is 0.411. The fourth-order valence-corrected chi connectivity index (χ4v) is 3.79. The summed E-state index contributed by atoms with van der Waals surface area (Å²) in [5.41, 5.74) is 8.59. The van der Waals surface area contributed by atoms with Crippen LogP contribution in [0.1, 0.15) is 33.9 Å². The van der Waals surface area contributed by atoms with E-state index < -0.39 is 0 Å². The minimum atomic E-state index is 0.411. The average Bonchev–Trinajstić information content (AvgIpc) is 2.46. The van der Waals surface area contributed by atoms with E-state index in [1.54, 1.807) is 0 Å². The third kappa shape index (κ3) is 1.62. The molecule has 1 unspecified atom stereocenters. The van der Waals surface area contributed by atoms with E-state index in [9.17, 15) is 0 Å². The molecule has 2 aromatic carbocycles. The van der Waals surface area contributed by atoms with E-state index in [4.69, 9.17) is 0 Å². The maximum Gasteiger partial charge on any atom is 0.0735 e. The molecule has 0 radical (unpaired) electrons. The van der Waals surface area contributed by atoms with Gasteiger partial charge in [0, 0.05) is 12.2 Å². The van der Waals surface area contributed by atoms with E-state index in [0.717, 1.165) is 13.0 Å². The number of para-hydroxylation sites is 1. The summed E-state index contributed by atoms with van der Waals surface area (Å²) in [6.07, 6.45) is 5.80. The van der Waals surface area contributed by atoms with E-state index in [2.05, 4.69) is 67.3 Å². The lowest BCUT2D eigenvalue weighted by Gasteiger charge is -2.41. The lowest BCUT2D eigenvalue weighted by molar-refractivity contribution is 0.660. The molecule has 100 valence electrons. The van der Waals surface area contributed by atoms with Crippen LogP contribution in [-0.2, 0) is 6.42 Å². The summed E-state index contributed by atoms with van der Waals surface area (Å²) in [4.78, 5) is 2.56. The van der Waals surface area contributed by atoms with Crippen LogP contribution in [-0.4, -0.2) is 6.54 Å². The topological polar surface area (TPSA) is 3.24 Å². The lowest BCUT2D eigenvalue weighted by atomic mass is 9.85. The van der Waals surface area contributed by atoms with Gasteiger partial charge in [0.25, 0.3) is 0 Å². The van der Waals surface area contributed by atoms with Gasteiger partial charge in [-0.25, -0.2) is 0 Å². The zero-order chi connectivity index (χ0) is 13.7. The molecule has 0 aromatic heterocycles. The molecule has 2 aromatic rings. The summed E-state index contributed by atoms with van der Waals surface area (Å²) in [5, 5.41) is 0. The quantitative estimate of drug-likeness (QED) is 0.678. The highest BCUT2D eigenvalue weighted by Crippen LogP contribution is 2.41. The standard InChI is InChI=1S/C19H19N/c1-13-11-14(2)19-16(12-13)9-10-20-17-6-4-3-5-15(17)7-8-18(19)20/h3-8,11-12,18H,9-10H2,1-2H3. The molecule has 2 aliphatic rings. The van der Waals surface area contributed by atoms with Crippen LogP contribution >= 0.6 is 0 Å². The molecule has 0 N–H and O–H groups in total. The van der Waals surface area contributed by atoms with E-state index in [1.165, 1.54) is 33.5 Å². The molecule has 0 amide bonds. The molecule has 1 atom stereocenters. The van der Waals surface area contributed by atoms with Crippen LogP contribution in [0.15, 0.2) is 42.5 Å². The smallest absolute Gasteiger partial charge is 0.0735 e. The Labute approximate surface area is 120 Å². The molecule has 2 heterocycles. The summed E-state index contributed by atoms with van der Waals surface area (Å²) >= 11 is 0. The van der Waals surface area contributed by atoms with Crippen molar-refractivity contribution >= 4 is 11.8 Å². The van der Waals surface area contributed by atoms with Gasteiger partial charge < -0.3 is 4.90 Å². The highest BCUT2D eigenvalue weighted by molar-refractivity contribution is 5.74. The number of nitrogens with zero attached hydrogens (tertiary/aromatic N) is 1. The van der Waals surface area contributed by atoms with Gasteiger partial charge in [0.15, 0.2) is 0 Å². The fourth-order valence-electron chi connectivity index (χ4n) is 3.79. The number of aryl methyl sites for hydroxylation is 2. The highest BCUT2D eigenvalue weighted by Gasteiger charge is 2.30. The third-order valence-corrected chi connectivity index (χ3v) is 4.57. The second-order valence-corrected chi connectivity index (χ2v) is 5.96. The summed E-state index contributed by atoms with van der Waals surface area (Å²) < 4.78 is 0. The minimum Gasteiger partial charge on any atom is -0.360 e. The number of hydrogen-bond donors (Lipinski definition) is 0. The SMILES string of the molecule is Cc1cc(C)c2c(c1)CCN1c3ccccc3C=CC21.